The largest absolute Gasteiger partial charge is 0.326 e. The third kappa shape index (κ3) is 3.14. The van der Waals surface area contributed by atoms with Crippen molar-refractivity contribution in [3.63, 3.8) is 0 Å². The van der Waals surface area contributed by atoms with Gasteiger partial charge < -0.3 is 5.73 Å². The minimum Gasteiger partial charge on any atom is -0.326 e. The molecular weight excluding hydrogens is 240 g/mol. The van der Waals surface area contributed by atoms with Crippen LogP contribution in [0.5, 0.6) is 0 Å². The first-order valence-electron chi connectivity index (χ1n) is 7.20. The van der Waals surface area contributed by atoms with Crippen molar-refractivity contribution >= 4 is 11.3 Å². The summed E-state index contributed by atoms with van der Waals surface area (Å²) in [7, 11) is 0. The van der Waals surface area contributed by atoms with Crippen LogP contribution in [0, 0.1) is 6.92 Å². The molecular formula is C15H26N2S. The fraction of sp³-hybridized carbons (Fsp3) is 0.733. The molecule has 2 atom stereocenters. The van der Waals surface area contributed by atoms with E-state index in [-0.39, 0.29) is 6.04 Å². The second kappa shape index (κ2) is 6.18. The monoisotopic (exact) mass is 266 g/mol. The van der Waals surface area contributed by atoms with E-state index < -0.39 is 0 Å². The lowest BCUT2D eigenvalue weighted by Gasteiger charge is -2.34. The molecule has 1 aliphatic carbocycles. The van der Waals surface area contributed by atoms with Crippen LogP contribution in [-0.4, -0.2) is 23.5 Å². The number of rotatable bonds is 7. The van der Waals surface area contributed by atoms with Gasteiger partial charge in [-0.3, -0.25) is 4.90 Å². The van der Waals surface area contributed by atoms with Crippen LogP contribution in [-0.2, 0) is 0 Å². The normalized spacial score (nSPS) is 19.2. The Morgan fingerprint density at radius 3 is 2.67 bits per heavy atom. The summed E-state index contributed by atoms with van der Waals surface area (Å²) in [6.07, 6.45) is 5.26. The van der Waals surface area contributed by atoms with Gasteiger partial charge in [-0.25, -0.2) is 0 Å². The van der Waals surface area contributed by atoms with Crippen LogP contribution in [0.3, 0.4) is 0 Å². The highest BCUT2D eigenvalue weighted by atomic mass is 32.1. The van der Waals surface area contributed by atoms with Gasteiger partial charge in [0.25, 0.3) is 0 Å². The fourth-order valence-electron chi connectivity index (χ4n) is 2.67. The summed E-state index contributed by atoms with van der Waals surface area (Å²) in [5.74, 6) is 0. The maximum atomic E-state index is 6.30. The van der Waals surface area contributed by atoms with E-state index in [1.165, 1.54) is 42.7 Å². The molecule has 102 valence electrons. The van der Waals surface area contributed by atoms with Crippen LogP contribution < -0.4 is 5.73 Å². The Balaban J connectivity index is 2.19. The van der Waals surface area contributed by atoms with Crippen molar-refractivity contribution in [3.05, 3.63) is 21.9 Å². The number of thiophene rings is 1. The first kappa shape index (κ1) is 14.0. The van der Waals surface area contributed by atoms with Crippen LogP contribution >= 0.6 is 11.3 Å². The predicted molar refractivity (Wildman–Crippen MR) is 80.1 cm³/mol. The van der Waals surface area contributed by atoms with Gasteiger partial charge in [0.05, 0.1) is 6.04 Å². The van der Waals surface area contributed by atoms with Crippen molar-refractivity contribution in [2.24, 2.45) is 5.73 Å². The first-order valence-corrected chi connectivity index (χ1v) is 8.08. The summed E-state index contributed by atoms with van der Waals surface area (Å²) < 4.78 is 0. The number of unbranched alkanes of at least 4 members (excludes halogenated alkanes) is 1. The number of nitrogens with two attached hydrogens (primary N) is 1. The van der Waals surface area contributed by atoms with Crippen molar-refractivity contribution in [1.82, 2.24) is 4.90 Å². The van der Waals surface area contributed by atoms with Gasteiger partial charge in [0.15, 0.2) is 0 Å². The van der Waals surface area contributed by atoms with Crippen LogP contribution in [0.4, 0.5) is 0 Å². The molecule has 1 aromatic heterocycles. The van der Waals surface area contributed by atoms with E-state index >= 15 is 0 Å². The minimum absolute atomic E-state index is 0.208. The van der Waals surface area contributed by atoms with E-state index in [4.69, 9.17) is 5.73 Å². The third-order valence-electron chi connectivity index (χ3n) is 3.81. The van der Waals surface area contributed by atoms with Crippen LogP contribution in [0.25, 0.3) is 0 Å². The van der Waals surface area contributed by atoms with Crippen LogP contribution in [0.1, 0.15) is 56.0 Å². The maximum absolute atomic E-state index is 6.30. The van der Waals surface area contributed by atoms with E-state index in [2.05, 4.69) is 37.1 Å². The zero-order chi connectivity index (χ0) is 13.1. The molecule has 1 fully saturated rings. The van der Waals surface area contributed by atoms with E-state index in [1.807, 2.05) is 11.3 Å². The molecule has 18 heavy (non-hydrogen) atoms. The molecule has 2 nitrogen and oxygen atoms in total. The molecule has 0 aliphatic heterocycles. The maximum Gasteiger partial charge on any atom is 0.0595 e. The Kier molecular flexibility index (Phi) is 4.82. The molecule has 2 unspecified atom stereocenters. The summed E-state index contributed by atoms with van der Waals surface area (Å²) >= 11 is 1.87. The molecule has 1 aromatic rings. The molecule has 2 N–H and O–H groups in total. The number of hydrogen-bond acceptors (Lipinski definition) is 3. The van der Waals surface area contributed by atoms with E-state index in [0.717, 1.165) is 6.04 Å². The minimum atomic E-state index is 0.208. The van der Waals surface area contributed by atoms with Gasteiger partial charge in [0.2, 0.25) is 0 Å². The van der Waals surface area contributed by atoms with Gasteiger partial charge in [0.1, 0.15) is 0 Å². The summed E-state index contributed by atoms with van der Waals surface area (Å²) in [5.41, 5.74) is 7.71. The summed E-state index contributed by atoms with van der Waals surface area (Å²) in [6.45, 7) is 7.84. The Morgan fingerprint density at radius 1 is 1.50 bits per heavy atom. The molecule has 1 aliphatic rings. The molecule has 0 amide bonds. The van der Waals surface area contributed by atoms with Gasteiger partial charge in [-0.15, -0.1) is 11.3 Å². The molecule has 0 saturated heterocycles. The van der Waals surface area contributed by atoms with Crippen molar-refractivity contribution in [1.29, 1.82) is 0 Å². The average Bonchev–Trinajstić information content (AvgIpc) is 3.08. The Labute approximate surface area is 115 Å². The van der Waals surface area contributed by atoms with Gasteiger partial charge in [0, 0.05) is 17.0 Å². The smallest absolute Gasteiger partial charge is 0.0595 e. The lowest BCUT2D eigenvalue weighted by molar-refractivity contribution is 0.166. The molecule has 0 spiro atoms. The zero-order valence-electron chi connectivity index (χ0n) is 11.9. The van der Waals surface area contributed by atoms with Crippen molar-refractivity contribution < 1.29 is 0 Å². The average molecular weight is 266 g/mol. The van der Waals surface area contributed by atoms with E-state index in [9.17, 15) is 0 Å². The number of aryl methyl sites for hydroxylation is 1. The van der Waals surface area contributed by atoms with Gasteiger partial charge in [-0.05, 0) is 56.7 Å². The Morgan fingerprint density at radius 2 is 2.22 bits per heavy atom. The SMILES string of the molecule is CCCCN(C1CC1)C(c1sccc1C)C(C)N. The molecule has 3 heteroatoms. The molecule has 1 heterocycles. The van der Waals surface area contributed by atoms with Gasteiger partial charge in [-0.2, -0.15) is 0 Å². The standard InChI is InChI=1S/C15H26N2S/c1-4-5-9-17(13-6-7-13)14(12(3)16)15-11(2)8-10-18-15/h8,10,12-14H,4-7,9,16H2,1-3H3. The number of hydrogen-bond donors (Lipinski definition) is 1. The van der Waals surface area contributed by atoms with E-state index in [0.29, 0.717) is 6.04 Å². The quantitative estimate of drug-likeness (QED) is 0.815. The molecule has 1 saturated carbocycles. The topological polar surface area (TPSA) is 29.3 Å². The van der Waals surface area contributed by atoms with Crippen LogP contribution in [0.2, 0.25) is 0 Å². The lowest BCUT2D eigenvalue weighted by Crippen LogP contribution is -2.41. The molecule has 2 rings (SSSR count). The van der Waals surface area contributed by atoms with Gasteiger partial charge >= 0.3 is 0 Å². The van der Waals surface area contributed by atoms with Crippen molar-refractivity contribution in [2.45, 2.75) is 64.6 Å². The highest BCUT2D eigenvalue weighted by Gasteiger charge is 2.36. The van der Waals surface area contributed by atoms with Crippen molar-refractivity contribution in [3.8, 4) is 0 Å². The first-order chi connectivity index (χ1) is 8.65. The summed E-state index contributed by atoms with van der Waals surface area (Å²) in [6, 6.07) is 3.64. The highest BCUT2D eigenvalue weighted by molar-refractivity contribution is 7.10. The Bertz CT molecular complexity index is 368. The van der Waals surface area contributed by atoms with Gasteiger partial charge in [-0.1, -0.05) is 13.3 Å². The highest BCUT2D eigenvalue weighted by Crippen LogP contribution is 2.38. The Hall–Kier alpha value is -0.380. The second-order valence-electron chi connectivity index (χ2n) is 5.59. The molecule has 0 bridgehead atoms. The second-order valence-corrected chi connectivity index (χ2v) is 6.54. The number of nitrogens with zero attached hydrogens (tertiary/aromatic N) is 1. The van der Waals surface area contributed by atoms with Crippen LogP contribution in [0.15, 0.2) is 11.4 Å². The van der Waals surface area contributed by atoms with E-state index in [1.54, 1.807) is 0 Å². The lowest BCUT2D eigenvalue weighted by atomic mass is 10.0. The summed E-state index contributed by atoms with van der Waals surface area (Å²) in [4.78, 5) is 4.15. The molecule has 0 radical (unpaired) electrons. The molecule has 0 aromatic carbocycles. The third-order valence-corrected chi connectivity index (χ3v) is 4.90. The predicted octanol–water partition coefficient (Wildman–Crippen LogP) is 3.71. The zero-order valence-corrected chi connectivity index (χ0v) is 12.7. The fourth-order valence-corrected chi connectivity index (χ4v) is 3.84. The van der Waals surface area contributed by atoms with Crippen molar-refractivity contribution in [2.75, 3.05) is 6.54 Å². The summed E-state index contributed by atoms with van der Waals surface area (Å²) in [5, 5.41) is 2.20.